The van der Waals surface area contributed by atoms with Gasteiger partial charge in [0.15, 0.2) is 17.6 Å². The summed E-state index contributed by atoms with van der Waals surface area (Å²) in [4.78, 5) is 35.8. The normalized spacial score (nSPS) is 11.2. The Hall–Kier alpha value is -3.82. The van der Waals surface area contributed by atoms with E-state index in [0.29, 0.717) is 18.0 Å². The number of benzene rings is 2. The average Bonchev–Trinajstić information content (AvgIpc) is 2.74. The molecule has 0 aromatic heterocycles. The molecule has 1 atom stereocenters. The SMILES string of the molecule is CCOc1ccccc1NC(=O)C(C)OC(=O)c1cc(OC)c(OCC)cc1[N+](=O)[O-]. The summed E-state index contributed by atoms with van der Waals surface area (Å²) < 4.78 is 21.1. The summed E-state index contributed by atoms with van der Waals surface area (Å²) in [5.74, 6) is -0.965. The van der Waals surface area contributed by atoms with Gasteiger partial charge >= 0.3 is 5.97 Å². The van der Waals surface area contributed by atoms with Crippen LogP contribution in [0.25, 0.3) is 0 Å². The molecule has 0 aliphatic carbocycles. The lowest BCUT2D eigenvalue weighted by Crippen LogP contribution is -2.30. The number of nitrogens with one attached hydrogen (secondary N) is 1. The molecule has 0 aliphatic heterocycles. The van der Waals surface area contributed by atoms with Gasteiger partial charge in [0, 0.05) is 6.07 Å². The number of carbonyl (C=O) groups excluding carboxylic acids is 2. The summed E-state index contributed by atoms with van der Waals surface area (Å²) in [6.07, 6.45) is -1.24. The van der Waals surface area contributed by atoms with Gasteiger partial charge in [0.05, 0.1) is 37.0 Å². The maximum Gasteiger partial charge on any atom is 0.346 e. The van der Waals surface area contributed by atoms with Crippen molar-refractivity contribution in [2.75, 3.05) is 25.6 Å². The number of amides is 1. The third-order valence-corrected chi connectivity index (χ3v) is 4.10. The molecule has 10 nitrogen and oxygen atoms in total. The van der Waals surface area contributed by atoms with Crippen molar-refractivity contribution in [2.45, 2.75) is 26.9 Å². The first-order valence-electron chi connectivity index (χ1n) is 9.55. The number of para-hydroxylation sites is 2. The Labute approximate surface area is 179 Å². The third-order valence-electron chi connectivity index (χ3n) is 4.10. The number of hydrogen-bond acceptors (Lipinski definition) is 8. The molecule has 2 aromatic carbocycles. The summed E-state index contributed by atoms with van der Waals surface area (Å²) in [5.41, 5.74) is -0.478. The highest BCUT2D eigenvalue weighted by molar-refractivity contribution is 6.00. The first kappa shape index (κ1) is 23.5. The molecule has 0 heterocycles. The van der Waals surface area contributed by atoms with E-state index in [4.69, 9.17) is 18.9 Å². The Morgan fingerprint density at radius 1 is 1.06 bits per heavy atom. The quantitative estimate of drug-likeness (QED) is 0.343. The van der Waals surface area contributed by atoms with E-state index in [9.17, 15) is 19.7 Å². The molecule has 0 radical (unpaired) electrons. The summed E-state index contributed by atoms with van der Waals surface area (Å²) >= 11 is 0. The molecule has 0 bridgehead atoms. The second-order valence-electron chi connectivity index (χ2n) is 6.18. The van der Waals surface area contributed by atoms with Crippen molar-refractivity contribution < 1.29 is 33.5 Å². The third kappa shape index (κ3) is 5.84. The Morgan fingerprint density at radius 3 is 2.32 bits per heavy atom. The van der Waals surface area contributed by atoms with Crippen LogP contribution in [0.2, 0.25) is 0 Å². The van der Waals surface area contributed by atoms with Gasteiger partial charge in [-0.2, -0.15) is 0 Å². The lowest BCUT2D eigenvalue weighted by molar-refractivity contribution is -0.385. The molecule has 10 heteroatoms. The van der Waals surface area contributed by atoms with Gasteiger partial charge in [-0.15, -0.1) is 0 Å². The van der Waals surface area contributed by atoms with Crippen LogP contribution in [0.5, 0.6) is 17.2 Å². The largest absolute Gasteiger partial charge is 0.493 e. The highest BCUT2D eigenvalue weighted by atomic mass is 16.6. The molecule has 2 rings (SSSR count). The highest BCUT2D eigenvalue weighted by Gasteiger charge is 2.28. The Kier molecular flexibility index (Phi) is 8.18. The number of nitro benzene ring substituents is 1. The zero-order valence-corrected chi connectivity index (χ0v) is 17.7. The lowest BCUT2D eigenvalue weighted by Gasteiger charge is -2.16. The van der Waals surface area contributed by atoms with Crippen LogP contribution in [-0.2, 0) is 9.53 Å². The van der Waals surface area contributed by atoms with Crippen molar-refractivity contribution in [3.05, 3.63) is 52.1 Å². The second-order valence-corrected chi connectivity index (χ2v) is 6.18. The predicted molar refractivity (Wildman–Crippen MR) is 112 cm³/mol. The molecule has 166 valence electrons. The maximum absolute atomic E-state index is 12.6. The van der Waals surface area contributed by atoms with Crippen LogP contribution < -0.4 is 19.5 Å². The maximum atomic E-state index is 12.6. The van der Waals surface area contributed by atoms with Crippen LogP contribution in [0.4, 0.5) is 11.4 Å². The Bertz CT molecular complexity index is 960. The topological polar surface area (TPSA) is 126 Å². The Morgan fingerprint density at radius 2 is 1.71 bits per heavy atom. The van der Waals surface area contributed by atoms with Crippen LogP contribution in [0, 0.1) is 10.1 Å². The predicted octanol–water partition coefficient (Wildman–Crippen LogP) is 3.58. The first-order chi connectivity index (χ1) is 14.8. The van der Waals surface area contributed by atoms with Gasteiger partial charge in [0.2, 0.25) is 0 Å². The van der Waals surface area contributed by atoms with E-state index in [1.54, 1.807) is 38.1 Å². The van der Waals surface area contributed by atoms with E-state index in [1.165, 1.54) is 14.0 Å². The van der Waals surface area contributed by atoms with Crippen LogP contribution >= 0.6 is 0 Å². The van der Waals surface area contributed by atoms with Crippen molar-refractivity contribution in [3.63, 3.8) is 0 Å². The fourth-order valence-corrected chi connectivity index (χ4v) is 2.65. The number of nitrogens with zero attached hydrogens (tertiary/aromatic N) is 1. The monoisotopic (exact) mass is 432 g/mol. The van der Waals surface area contributed by atoms with Crippen LogP contribution in [0.1, 0.15) is 31.1 Å². The molecule has 2 aromatic rings. The number of methoxy groups -OCH3 is 1. The van der Waals surface area contributed by atoms with Crippen molar-refractivity contribution in [1.82, 2.24) is 0 Å². The summed E-state index contributed by atoms with van der Waals surface area (Å²) in [7, 11) is 1.34. The molecule has 0 fully saturated rings. The van der Waals surface area contributed by atoms with Gasteiger partial charge in [-0.3, -0.25) is 14.9 Å². The molecular formula is C21H24N2O8. The van der Waals surface area contributed by atoms with Gasteiger partial charge in [0.1, 0.15) is 11.3 Å². The zero-order chi connectivity index (χ0) is 23.0. The van der Waals surface area contributed by atoms with E-state index in [0.717, 1.165) is 12.1 Å². The van der Waals surface area contributed by atoms with Gasteiger partial charge in [-0.1, -0.05) is 12.1 Å². The average molecular weight is 432 g/mol. The van der Waals surface area contributed by atoms with E-state index >= 15 is 0 Å². The molecule has 1 amide bonds. The number of esters is 1. The molecule has 31 heavy (non-hydrogen) atoms. The highest BCUT2D eigenvalue weighted by Crippen LogP contribution is 2.35. The minimum atomic E-state index is -1.24. The van der Waals surface area contributed by atoms with Crippen LogP contribution in [-0.4, -0.2) is 43.2 Å². The van der Waals surface area contributed by atoms with Gasteiger partial charge in [-0.25, -0.2) is 4.79 Å². The molecule has 1 N–H and O–H groups in total. The molecule has 0 saturated heterocycles. The number of nitro groups is 1. The van der Waals surface area contributed by atoms with Crippen molar-refractivity contribution in [3.8, 4) is 17.2 Å². The first-order valence-corrected chi connectivity index (χ1v) is 9.55. The summed E-state index contributed by atoms with van der Waals surface area (Å²) in [6, 6.07) is 9.03. The van der Waals surface area contributed by atoms with Crippen molar-refractivity contribution >= 4 is 23.3 Å². The number of rotatable bonds is 10. The molecule has 0 spiro atoms. The lowest BCUT2D eigenvalue weighted by atomic mass is 10.1. The van der Waals surface area contributed by atoms with Crippen molar-refractivity contribution in [2.24, 2.45) is 0 Å². The van der Waals surface area contributed by atoms with Gasteiger partial charge in [-0.05, 0) is 32.9 Å². The summed E-state index contributed by atoms with van der Waals surface area (Å²) in [5, 5.41) is 14.1. The molecule has 0 aliphatic rings. The smallest absolute Gasteiger partial charge is 0.346 e. The van der Waals surface area contributed by atoms with E-state index in [-0.39, 0.29) is 23.7 Å². The number of ether oxygens (including phenoxy) is 4. The second kappa shape index (κ2) is 10.8. The number of anilines is 1. The van der Waals surface area contributed by atoms with E-state index in [2.05, 4.69) is 5.32 Å². The summed E-state index contributed by atoms with van der Waals surface area (Å²) in [6.45, 7) is 5.52. The number of hydrogen-bond donors (Lipinski definition) is 1. The van der Waals surface area contributed by atoms with Crippen LogP contribution in [0.3, 0.4) is 0 Å². The zero-order valence-electron chi connectivity index (χ0n) is 17.7. The minimum Gasteiger partial charge on any atom is -0.493 e. The van der Waals surface area contributed by atoms with Crippen molar-refractivity contribution in [1.29, 1.82) is 0 Å². The molecule has 1 unspecified atom stereocenters. The van der Waals surface area contributed by atoms with E-state index < -0.39 is 28.6 Å². The standard InChI is InChI=1S/C21H24N2O8/c1-5-29-17-10-8-7-9-15(17)22-20(24)13(3)31-21(25)14-11-18(28-4)19(30-6-2)12-16(14)23(26)27/h7-13H,5-6H2,1-4H3,(H,22,24). The fraction of sp³-hybridized carbons (Fsp3) is 0.333. The molecule has 0 saturated carbocycles. The number of carbonyl (C=O) groups is 2. The van der Waals surface area contributed by atoms with Gasteiger partial charge in [0.25, 0.3) is 11.6 Å². The van der Waals surface area contributed by atoms with Crippen LogP contribution in [0.15, 0.2) is 36.4 Å². The van der Waals surface area contributed by atoms with Gasteiger partial charge < -0.3 is 24.3 Å². The molecular weight excluding hydrogens is 408 g/mol. The fourth-order valence-electron chi connectivity index (χ4n) is 2.65. The minimum absolute atomic E-state index is 0.117. The van der Waals surface area contributed by atoms with E-state index in [1.807, 2.05) is 0 Å². The Balaban J connectivity index is 2.22.